The number of nitrogens with zero attached hydrogens (tertiary/aromatic N) is 8. The first-order valence-electron chi connectivity index (χ1n) is 18.1. The molecule has 0 amide bonds. The van der Waals surface area contributed by atoms with Crippen molar-refractivity contribution in [3.05, 3.63) is 89.1 Å². The number of aromatic nitrogens is 6. The van der Waals surface area contributed by atoms with E-state index in [1.165, 1.54) is 12.3 Å². The van der Waals surface area contributed by atoms with Gasteiger partial charge in [0, 0.05) is 75.9 Å². The summed E-state index contributed by atoms with van der Waals surface area (Å²) in [7, 11) is 3.92. The second-order valence-electron chi connectivity index (χ2n) is 13.8. The van der Waals surface area contributed by atoms with Crippen molar-refractivity contribution in [1.82, 2.24) is 38.7 Å². The van der Waals surface area contributed by atoms with E-state index in [9.17, 15) is 23.1 Å². The van der Waals surface area contributed by atoms with Crippen LogP contribution in [0.5, 0.6) is 17.4 Å². The van der Waals surface area contributed by atoms with Crippen LogP contribution in [0.15, 0.2) is 67.3 Å². The van der Waals surface area contributed by atoms with Crippen LogP contribution in [0, 0.1) is 6.92 Å². The molecule has 0 aliphatic carbocycles. The molecule has 6 aromatic rings. The van der Waals surface area contributed by atoms with Crippen molar-refractivity contribution in [2.75, 3.05) is 46.4 Å². The van der Waals surface area contributed by atoms with Crippen LogP contribution < -0.4 is 14.2 Å². The molecule has 0 bridgehead atoms. The first kappa shape index (κ1) is 40.0. The summed E-state index contributed by atoms with van der Waals surface area (Å²) in [5.74, 6) is -0.334. The summed E-state index contributed by atoms with van der Waals surface area (Å²) in [6.45, 7) is 5.62. The van der Waals surface area contributed by atoms with Crippen LogP contribution in [0.3, 0.4) is 0 Å². The van der Waals surface area contributed by atoms with Gasteiger partial charge in [-0.1, -0.05) is 35.9 Å². The molecule has 4 aromatic heterocycles. The van der Waals surface area contributed by atoms with Gasteiger partial charge in [0.25, 0.3) is 0 Å². The number of para-hydroxylation sites is 1. The summed E-state index contributed by atoms with van der Waals surface area (Å²) in [5, 5.41) is 19.6. The summed E-state index contributed by atoms with van der Waals surface area (Å²) in [6, 6.07) is 11.9. The van der Waals surface area contributed by atoms with E-state index < -0.39 is 24.8 Å². The lowest BCUT2D eigenvalue weighted by Gasteiger charge is -2.32. The largest absolute Gasteiger partial charge is 0.491 e. The number of carboxylic acids is 1. The van der Waals surface area contributed by atoms with E-state index in [4.69, 9.17) is 30.8 Å². The van der Waals surface area contributed by atoms with Gasteiger partial charge in [-0.15, -0.1) is 0 Å². The second kappa shape index (κ2) is 17.1. The van der Waals surface area contributed by atoms with Crippen molar-refractivity contribution in [1.29, 1.82) is 0 Å². The van der Waals surface area contributed by atoms with E-state index in [1.54, 1.807) is 48.4 Å². The van der Waals surface area contributed by atoms with Crippen molar-refractivity contribution < 1.29 is 37.3 Å². The van der Waals surface area contributed by atoms with Gasteiger partial charge in [-0.05, 0) is 60.4 Å². The average Bonchev–Trinajstić information content (AvgIpc) is 3.92. The number of carbonyl (C=O) groups is 1. The zero-order valence-corrected chi connectivity index (χ0v) is 32.9. The number of aryl methyl sites for hydroxylation is 1. The van der Waals surface area contributed by atoms with E-state index in [-0.39, 0.29) is 30.4 Å². The summed E-state index contributed by atoms with van der Waals surface area (Å²) in [6.07, 6.45) is 0.413. The number of ether oxygens (including phenoxy) is 3. The molecule has 18 heteroatoms. The van der Waals surface area contributed by atoms with Gasteiger partial charge in [0.2, 0.25) is 12.0 Å². The number of carboxylic acid groups (broad SMARTS) is 1. The van der Waals surface area contributed by atoms with Crippen LogP contribution in [0.2, 0.25) is 5.02 Å². The lowest BCUT2D eigenvalue weighted by atomic mass is 9.94. The summed E-state index contributed by atoms with van der Waals surface area (Å²) in [4.78, 5) is 22.3. The molecule has 0 spiro atoms. The molecule has 1 atom stereocenters. The molecule has 5 heterocycles. The van der Waals surface area contributed by atoms with Gasteiger partial charge in [-0.2, -0.15) is 27.7 Å². The fourth-order valence-corrected chi connectivity index (χ4v) is 7.60. The maximum absolute atomic E-state index is 13.1. The second-order valence-corrected chi connectivity index (χ2v) is 15.0. The fraction of sp³-hybridized carbons (Fsp3) is 0.359. The fourth-order valence-electron chi connectivity index (χ4n) is 6.69. The number of fused-ring (bicyclic) bond motifs is 1. The Morgan fingerprint density at radius 2 is 1.81 bits per heavy atom. The molecule has 1 N–H and O–H groups in total. The molecular weight excluding hydrogens is 785 g/mol. The minimum Gasteiger partial charge on any atom is -0.491 e. The van der Waals surface area contributed by atoms with Crippen LogP contribution in [-0.2, 0) is 31.4 Å². The third-order valence-electron chi connectivity index (χ3n) is 9.76. The monoisotopic (exact) mass is 824 g/mol. The summed E-state index contributed by atoms with van der Waals surface area (Å²) in [5.41, 5.74) is 4.04. The standard InChI is InChI=1S/C39H40ClF3N8O5S/c1-24-28(8-9-30(35(24)40)54-17-16-50-14-12-48(2)13-15-50)33-34-32(20-44-36(33)26-19-46-49(3)21-26)57-47-37(34)56-31(38(52)53)18-25-6-4-5-7-29(25)55-22-27-10-11-45-51(27)23-39(41,42)43/h4-11,19-21,31H,12-18,22-23H2,1-3H3,(H,52,53)/t31-/m1/s1. The van der Waals surface area contributed by atoms with Crippen LogP contribution >= 0.6 is 23.1 Å². The summed E-state index contributed by atoms with van der Waals surface area (Å²) < 4.78 is 65.4. The first-order valence-corrected chi connectivity index (χ1v) is 19.3. The third kappa shape index (κ3) is 9.33. The Kier molecular flexibility index (Phi) is 12.0. The van der Waals surface area contributed by atoms with Gasteiger partial charge in [0.05, 0.1) is 32.7 Å². The smallest absolute Gasteiger partial charge is 0.408 e. The quantitative estimate of drug-likeness (QED) is 0.118. The number of piperazine rings is 1. The number of hydrogen-bond acceptors (Lipinski definition) is 11. The normalized spacial score (nSPS) is 14.6. The Hall–Kier alpha value is -5.23. The lowest BCUT2D eigenvalue weighted by molar-refractivity contribution is -0.145. The molecule has 0 saturated carbocycles. The van der Waals surface area contributed by atoms with Crippen LogP contribution in [0.4, 0.5) is 13.2 Å². The molecular formula is C39H40ClF3N8O5S. The highest BCUT2D eigenvalue weighted by atomic mass is 35.5. The molecule has 2 aromatic carbocycles. The van der Waals surface area contributed by atoms with Gasteiger partial charge in [0.15, 0.2) is 0 Å². The van der Waals surface area contributed by atoms with Gasteiger partial charge in [-0.3, -0.25) is 19.2 Å². The molecule has 13 nitrogen and oxygen atoms in total. The zero-order chi connectivity index (χ0) is 40.3. The maximum atomic E-state index is 13.1. The molecule has 0 radical (unpaired) electrons. The van der Waals surface area contributed by atoms with E-state index >= 15 is 0 Å². The van der Waals surface area contributed by atoms with Crippen molar-refractivity contribution in [3.63, 3.8) is 0 Å². The van der Waals surface area contributed by atoms with Crippen molar-refractivity contribution in [3.8, 4) is 39.8 Å². The van der Waals surface area contributed by atoms with Gasteiger partial charge in [0.1, 0.15) is 31.3 Å². The minimum atomic E-state index is -4.47. The van der Waals surface area contributed by atoms with E-state index in [1.807, 2.05) is 25.3 Å². The van der Waals surface area contributed by atoms with E-state index in [0.29, 0.717) is 49.8 Å². The summed E-state index contributed by atoms with van der Waals surface area (Å²) >= 11 is 8.13. The number of aliphatic carboxylic acids is 1. The molecule has 1 aliphatic rings. The molecule has 7 rings (SSSR count). The van der Waals surface area contributed by atoms with E-state index in [0.717, 1.165) is 60.1 Å². The van der Waals surface area contributed by atoms with Crippen LogP contribution in [0.25, 0.3) is 32.5 Å². The highest BCUT2D eigenvalue weighted by molar-refractivity contribution is 7.13. The number of pyridine rings is 1. The van der Waals surface area contributed by atoms with Crippen molar-refractivity contribution in [2.45, 2.75) is 38.8 Å². The minimum absolute atomic E-state index is 0.0856. The lowest BCUT2D eigenvalue weighted by Crippen LogP contribution is -2.45. The maximum Gasteiger partial charge on any atom is 0.408 e. The SMILES string of the molecule is Cc1c(-c2c(-c3cnn(C)c3)ncc3snc(O[C@H](Cc4ccccc4OCc4ccnn4CC(F)(F)F)C(=O)O)c23)ccc(OCCN2CCN(C)CC2)c1Cl. The van der Waals surface area contributed by atoms with E-state index in [2.05, 4.69) is 31.4 Å². The van der Waals surface area contributed by atoms with Gasteiger partial charge >= 0.3 is 12.1 Å². The Morgan fingerprint density at radius 3 is 2.54 bits per heavy atom. The Morgan fingerprint density at radius 1 is 1.02 bits per heavy atom. The van der Waals surface area contributed by atoms with Gasteiger partial charge in [-0.25, -0.2) is 4.79 Å². The van der Waals surface area contributed by atoms with Crippen molar-refractivity contribution in [2.24, 2.45) is 7.05 Å². The predicted molar refractivity (Wildman–Crippen MR) is 209 cm³/mol. The Bertz CT molecular complexity index is 2360. The number of alkyl halides is 3. The zero-order valence-electron chi connectivity index (χ0n) is 31.4. The molecule has 0 unspecified atom stereocenters. The van der Waals surface area contributed by atoms with Crippen molar-refractivity contribution >= 4 is 39.2 Å². The average molecular weight is 825 g/mol. The topological polar surface area (TPSA) is 133 Å². The third-order valence-corrected chi connectivity index (χ3v) is 11.0. The highest BCUT2D eigenvalue weighted by Crippen LogP contribution is 2.46. The number of rotatable bonds is 15. The number of halogens is 4. The molecule has 1 saturated heterocycles. The first-order chi connectivity index (χ1) is 27.3. The Labute approximate surface area is 335 Å². The van der Waals surface area contributed by atoms with Crippen LogP contribution in [-0.4, -0.2) is 108 Å². The van der Waals surface area contributed by atoms with Gasteiger partial charge < -0.3 is 24.2 Å². The molecule has 1 aliphatic heterocycles. The molecule has 300 valence electrons. The molecule has 1 fully saturated rings. The Balaban J connectivity index is 1.18. The highest BCUT2D eigenvalue weighted by Gasteiger charge is 2.30. The molecule has 57 heavy (non-hydrogen) atoms. The number of likely N-dealkylation sites (N-methyl/N-ethyl adjacent to an activating group) is 1. The number of benzene rings is 2. The predicted octanol–water partition coefficient (Wildman–Crippen LogP) is 6.76. The van der Waals surface area contributed by atoms with Crippen LogP contribution in [0.1, 0.15) is 16.8 Å². The number of hydrogen-bond donors (Lipinski definition) is 1.